The first-order valence-electron chi connectivity index (χ1n) is 9.14. The number of halogens is 1. The van der Waals surface area contributed by atoms with Crippen LogP contribution < -0.4 is 0 Å². The Kier molecular flexibility index (Phi) is 4.95. The van der Waals surface area contributed by atoms with Gasteiger partial charge in [-0.1, -0.05) is 24.6 Å². The first-order chi connectivity index (χ1) is 11.5. The minimum atomic E-state index is -0.250. The number of carbonyl (C=O) groups excluding carboxylic acids is 1. The molecule has 1 aromatic carbocycles. The summed E-state index contributed by atoms with van der Waals surface area (Å²) in [5.74, 6) is 0.0689. The molecule has 4 heteroatoms. The van der Waals surface area contributed by atoms with E-state index in [-0.39, 0.29) is 29.7 Å². The van der Waals surface area contributed by atoms with Crippen molar-refractivity contribution >= 4 is 5.91 Å². The van der Waals surface area contributed by atoms with Crippen LogP contribution in [0.3, 0.4) is 0 Å². The second kappa shape index (κ2) is 6.83. The summed E-state index contributed by atoms with van der Waals surface area (Å²) < 4.78 is 14.1. The molecule has 3 rings (SSSR count). The van der Waals surface area contributed by atoms with Gasteiger partial charge in [-0.15, -0.1) is 0 Å². The van der Waals surface area contributed by atoms with Gasteiger partial charge in [-0.25, -0.2) is 4.39 Å². The Labute approximate surface area is 143 Å². The second-order valence-electron chi connectivity index (χ2n) is 7.78. The van der Waals surface area contributed by atoms with Crippen LogP contribution in [0.2, 0.25) is 0 Å². The van der Waals surface area contributed by atoms with Crippen LogP contribution in [0.5, 0.6) is 0 Å². The van der Waals surface area contributed by atoms with E-state index in [4.69, 9.17) is 0 Å². The van der Waals surface area contributed by atoms with Crippen LogP contribution in [0.15, 0.2) is 18.2 Å². The lowest BCUT2D eigenvalue weighted by Crippen LogP contribution is -2.60. The summed E-state index contributed by atoms with van der Waals surface area (Å²) >= 11 is 0. The number of rotatable bonds is 4. The predicted molar refractivity (Wildman–Crippen MR) is 92.2 cm³/mol. The van der Waals surface area contributed by atoms with Crippen molar-refractivity contribution < 1.29 is 14.3 Å². The molecule has 1 heterocycles. The van der Waals surface area contributed by atoms with Crippen molar-refractivity contribution in [3.8, 4) is 0 Å². The third-order valence-corrected chi connectivity index (χ3v) is 6.06. The number of nitrogens with zero attached hydrogens (tertiary/aromatic N) is 1. The molecule has 0 unspecified atom stereocenters. The van der Waals surface area contributed by atoms with Gasteiger partial charge >= 0.3 is 0 Å². The van der Waals surface area contributed by atoms with Crippen LogP contribution in [0.1, 0.15) is 56.1 Å². The fourth-order valence-corrected chi connectivity index (χ4v) is 4.39. The Balaban J connectivity index is 1.57. The number of aliphatic hydroxyl groups excluding tert-OH is 1. The van der Waals surface area contributed by atoms with Gasteiger partial charge in [0.05, 0.1) is 12.5 Å². The molecule has 24 heavy (non-hydrogen) atoms. The molecule has 1 saturated carbocycles. The smallest absolute Gasteiger partial charge is 0.228 e. The lowest BCUT2D eigenvalue weighted by molar-refractivity contribution is -0.151. The van der Waals surface area contributed by atoms with E-state index < -0.39 is 0 Å². The topological polar surface area (TPSA) is 40.5 Å². The predicted octanol–water partition coefficient (Wildman–Crippen LogP) is 3.64. The summed E-state index contributed by atoms with van der Waals surface area (Å²) in [6.07, 6.45) is 4.81. The van der Waals surface area contributed by atoms with Gasteiger partial charge in [-0.2, -0.15) is 0 Å². The summed E-state index contributed by atoms with van der Waals surface area (Å²) in [5, 5.41) is 9.29. The van der Waals surface area contributed by atoms with E-state index in [1.54, 1.807) is 6.07 Å². The van der Waals surface area contributed by atoms with Crippen LogP contribution in [-0.2, 0) is 4.79 Å². The van der Waals surface area contributed by atoms with Crippen LogP contribution in [0.4, 0.5) is 4.39 Å². The highest BCUT2D eigenvalue weighted by molar-refractivity contribution is 5.80. The third-order valence-electron chi connectivity index (χ3n) is 6.06. The molecule has 132 valence electrons. The van der Waals surface area contributed by atoms with Crippen molar-refractivity contribution in [2.45, 2.75) is 51.9 Å². The van der Waals surface area contributed by atoms with Gasteiger partial charge in [-0.05, 0) is 56.6 Å². The van der Waals surface area contributed by atoms with E-state index in [2.05, 4.69) is 0 Å². The highest BCUT2D eigenvalue weighted by Gasteiger charge is 2.47. The summed E-state index contributed by atoms with van der Waals surface area (Å²) in [5.41, 5.74) is 2.21. The molecular weight excluding hydrogens is 305 g/mol. The van der Waals surface area contributed by atoms with Crippen molar-refractivity contribution in [1.82, 2.24) is 4.90 Å². The summed E-state index contributed by atoms with van der Waals surface area (Å²) in [6.45, 7) is 5.51. The van der Waals surface area contributed by atoms with Crippen LogP contribution in [0, 0.1) is 24.1 Å². The Morgan fingerprint density at radius 2 is 2.04 bits per heavy atom. The normalized spacial score (nSPS) is 21.6. The van der Waals surface area contributed by atoms with E-state index >= 15 is 0 Å². The summed E-state index contributed by atoms with van der Waals surface area (Å²) in [6, 6.07) is 5.39. The first-order valence-corrected chi connectivity index (χ1v) is 9.14. The zero-order chi connectivity index (χ0) is 17.3. The third kappa shape index (κ3) is 3.21. The fraction of sp³-hybridized carbons (Fsp3) is 0.650. The maximum Gasteiger partial charge on any atom is 0.228 e. The molecule has 1 amide bonds. The molecule has 1 aromatic rings. The Hall–Kier alpha value is -1.42. The minimum Gasteiger partial charge on any atom is -0.396 e. The first kappa shape index (κ1) is 17.4. The molecule has 3 nitrogen and oxygen atoms in total. The molecule has 2 aliphatic rings. The number of carbonyl (C=O) groups is 1. The Morgan fingerprint density at radius 1 is 1.38 bits per heavy atom. The Morgan fingerprint density at radius 3 is 2.62 bits per heavy atom. The summed E-state index contributed by atoms with van der Waals surface area (Å²) in [7, 11) is 0. The molecule has 2 fully saturated rings. The van der Waals surface area contributed by atoms with Gasteiger partial charge in [0.25, 0.3) is 0 Å². The molecule has 1 aliphatic heterocycles. The average Bonchev–Trinajstić information content (AvgIpc) is 2.56. The van der Waals surface area contributed by atoms with Gasteiger partial charge in [-0.3, -0.25) is 4.79 Å². The maximum atomic E-state index is 14.1. The zero-order valence-corrected chi connectivity index (χ0v) is 14.7. The van der Waals surface area contributed by atoms with Gasteiger partial charge in [0.1, 0.15) is 5.82 Å². The van der Waals surface area contributed by atoms with Crippen molar-refractivity contribution in [2.24, 2.45) is 11.3 Å². The molecule has 1 aliphatic carbocycles. The van der Waals surface area contributed by atoms with Crippen LogP contribution >= 0.6 is 0 Å². The Bertz CT molecular complexity index is 596. The van der Waals surface area contributed by atoms with Gasteiger partial charge in [0.15, 0.2) is 0 Å². The van der Waals surface area contributed by atoms with Gasteiger partial charge < -0.3 is 10.0 Å². The molecular formula is C20H28FNO2. The van der Waals surface area contributed by atoms with Crippen LogP contribution in [0.25, 0.3) is 0 Å². The molecule has 0 radical (unpaired) electrons. The molecule has 1 N–H and O–H groups in total. The number of likely N-dealkylation sites (tertiary alicyclic amines) is 1. The lowest BCUT2D eigenvalue weighted by Gasteiger charge is -2.54. The quantitative estimate of drug-likeness (QED) is 0.914. The summed E-state index contributed by atoms with van der Waals surface area (Å²) in [4.78, 5) is 14.2. The molecule has 1 atom stereocenters. The highest BCUT2D eigenvalue weighted by Crippen LogP contribution is 2.49. The van der Waals surface area contributed by atoms with Gasteiger partial charge in [0.2, 0.25) is 5.91 Å². The number of aryl methyl sites for hydroxylation is 1. The van der Waals surface area contributed by atoms with E-state index in [0.717, 1.165) is 49.9 Å². The standard InChI is InChI=1S/C20H28FNO2/c1-3-15(11-23)19(24)22-12-20(13-22)8-6-16(7-9-20)17-10-14(2)4-5-18(17)21/h4-5,10,15-16,23H,3,6-9,11-13H2,1-2H3/t15-/m1/s1. The van der Waals surface area contributed by atoms with Gasteiger partial charge in [0, 0.05) is 18.5 Å². The average molecular weight is 333 g/mol. The van der Waals surface area contributed by atoms with Crippen LogP contribution in [-0.4, -0.2) is 35.6 Å². The SMILES string of the molecule is CC[C@H](CO)C(=O)N1CC2(CCC(c3cc(C)ccc3F)CC2)C1. The maximum absolute atomic E-state index is 14.1. The monoisotopic (exact) mass is 333 g/mol. The molecule has 1 spiro atoms. The van der Waals surface area contributed by atoms with Crippen molar-refractivity contribution in [3.63, 3.8) is 0 Å². The number of amides is 1. The number of hydrogen-bond acceptors (Lipinski definition) is 2. The fourth-order valence-electron chi connectivity index (χ4n) is 4.39. The van der Waals surface area contributed by atoms with Crippen molar-refractivity contribution in [2.75, 3.05) is 19.7 Å². The molecule has 1 saturated heterocycles. The largest absolute Gasteiger partial charge is 0.396 e. The number of hydrogen-bond donors (Lipinski definition) is 1. The number of benzene rings is 1. The van der Waals surface area contributed by atoms with E-state index in [1.165, 1.54) is 0 Å². The minimum absolute atomic E-state index is 0.0620. The highest BCUT2D eigenvalue weighted by atomic mass is 19.1. The van der Waals surface area contributed by atoms with Crippen molar-refractivity contribution in [1.29, 1.82) is 0 Å². The number of aliphatic hydroxyl groups is 1. The molecule has 0 aromatic heterocycles. The van der Waals surface area contributed by atoms with E-state index in [9.17, 15) is 14.3 Å². The second-order valence-corrected chi connectivity index (χ2v) is 7.78. The zero-order valence-electron chi connectivity index (χ0n) is 14.7. The van der Waals surface area contributed by atoms with E-state index in [0.29, 0.717) is 12.3 Å². The molecule has 0 bridgehead atoms. The lowest BCUT2D eigenvalue weighted by atomic mass is 9.64. The van der Waals surface area contributed by atoms with Crippen molar-refractivity contribution in [3.05, 3.63) is 35.1 Å². The van der Waals surface area contributed by atoms with E-state index in [1.807, 2.05) is 30.9 Å².